The van der Waals surface area contributed by atoms with Crippen LogP contribution in [0.15, 0.2) is 54.6 Å². The average Bonchev–Trinajstić information content (AvgIpc) is 2.85. The molecule has 2 saturated heterocycles. The molecule has 0 spiro atoms. The number of benzene rings is 2. The van der Waals surface area contributed by atoms with Crippen molar-refractivity contribution in [1.82, 2.24) is 14.7 Å². The monoisotopic (exact) mass is 437 g/mol. The van der Waals surface area contributed by atoms with Crippen molar-refractivity contribution in [1.29, 1.82) is 0 Å². The predicted molar refractivity (Wildman–Crippen MR) is 122 cm³/mol. The number of carbonyl (C=O) groups excluding carboxylic acids is 2. The van der Waals surface area contributed by atoms with Crippen LogP contribution in [0.2, 0.25) is 0 Å². The summed E-state index contributed by atoms with van der Waals surface area (Å²) in [4.78, 5) is 31.0. The lowest BCUT2D eigenvalue weighted by molar-refractivity contribution is -0.138. The largest absolute Gasteiger partial charge is 0.483 e. The molecule has 0 N–H and O–H groups in total. The van der Waals surface area contributed by atoms with Gasteiger partial charge in [-0.05, 0) is 17.2 Å². The van der Waals surface area contributed by atoms with Crippen LogP contribution < -0.4 is 4.74 Å². The highest BCUT2D eigenvalue weighted by Gasteiger charge is 2.25. The van der Waals surface area contributed by atoms with E-state index in [4.69, 9.17) is 9.47 Å². The van der Waals surface area contributed by atoms with E-state index in [9.17, 15) is 9.59 Å². The van der Waals surface area contributed by atoms with Gasteiger partial charge in [0.2, 0.25) is 5.91 Å². The van der Waals surface area contributed by atoms with E-state index in [-0.39, 0.29) is 18.4 Å². The fourth-order valence-electron chi connectivity index (χ4n) is 4.10. The van der Waals surface area contributed by atoms with Crippen molar-refractivity contribution >= 4 is 11.8 Å². The lowest BCUT2D eigenvalue weighted by Crippen LogP contribution is -2.53. The van der Waals surface area contributed by atoms with E-state index in [1.54, 1.807) is 0 Å². The Bertz CT molecular complexity index is 891. The van der Waals surface area contributed by atoms with Crippen molar-refractivity contribution < 1.29 is 19.1 Å². The summed E-state index contributed by atoms with van der Waals surface area (Å²) < 4.78 is 11.2. The molecule has 7 heteroatoms. The molecular formula is C25H31N3O4. The van der Waals surface area contributed by atoms with Crippen LogP contribution in [-0.2, 0) is 20.7 Å². The van der Waals surface area contributed by atoms with Crippen molar-refractivity contribution in [3.63, 3.8) is 0 Å². The summed E-state index contributed by atoms with van der Waals surface area (Å²) in [6.07, 6.45) is 0.765. The van der Waals surface area contributed by atoms with Crippen molar-refractivity contribution in [3.05, 3.63) is 65.7 Å². The molecule has 0 saturated carbocycles. The molecule has 2 aromatic rings. The minimum atomic E-state index is -0.0151. The van der Waals surface area contributed by atoms with Crippen molar-refractivity contribution in [2.24, 2.45) is 0 Å². The van der Waals surface area contributed by atoms with Gasteiger partial charge in [-0.2, -0.15) is 0 Å². The number of piperazine rings is 1. The van der Waals surface area contributed by atoms with Crippen LogP contribution in [0.5, 0.6) is 5.75 Å². The van der Waals surface area contributed by atoms with Gasteiger partial charge in [0.05, 0.1) is 19.8 Å². The zero-order valence-electron chi connectivity index (χ0n) is 18.4. The second-order valence-electron chi connectivity index (χ2n) is 8.21. The Labute approximate surface area is 189 Å². The first-order valence-electron chi connectivity index (χ1n) is 11.3. The number of carbonyl (C=O) groups is 2. The Morgan fingerprint density at radius 1 is 0.781 bits per heavy atom. The SMILES string of the molecule is O=C(COc1ccccc1Cc1ccccc1)N1CCN(CC(=O)N2CCOCC2)CC1. The van der Waals surface area contributed by atoms with Gasteiger partial charge in [0.25, 0.3) is 5.91 Å². The van der Waals surface area contributed by atoms with E-state index < -0.39 is 0 Å². The van der Waals surface area contributed by atoms with Gasteiger partial charge in [0.15, 0.2) is 6.61 Å². The second-order valence-corrected chi connectivity index (χ2v) is 8.21. The maximum Gasteiger partial charge on any atom is 0.260 e. The molecule has 0 aromatic heterocycles. The van der Waals surface area contributed by atoms with E-state index in [2.05, 4.69) is 17.0 Å². The molecule has 2 aromatic carbocycles. The number of para-hydroxylation sites is 1. The van der Waals surface area contributed by atoms with Crippen molar-refractivity contribution in [2.75, 3.05) is 65.6 Å². The summed E-state index contributed by atoms with van der Waals surface area (Å²) in [7, 11) is 0. The van der Waals surface area contributed by atoms with Gasteiger partial charge in [-0.3, -0.25) is 14.5 Å². The summed E-state index contributed by atoms with van der Waals surface area (Å²) in [6.45, 7) is 5.63. The van der Waals surface area contributed by atoms with Gasteiger partial charge in [-0.1, -0.05) is 48.5 Å². The molecule has 7 nitrogen and oxygen atoms in total. The Balaban J connectivity index is 1.23. The normalized spacial score (nSPS) is 17.2. The lowest BCUT2D eigenvalue weighted by atomic mass is 10.0. The van der Waals surface area contributed by atoms with Gasteiger partial charge >= 0.3 is 0 Å². The van der Waals surface area contributed by atoms with Gasteiger partial charge in [0.1, 0.15) is 5.75 Å². The highest BCUT2D eigenvalue weighted by Crippen LogP contribution is 2.21. The fourth-order valence-corrected chi connectivity index (χ4v) is 4.10. The van der Waals surface area contributed by atoms with Crippen LogP contribution >= 0.6 is 0 Å². The number of morpholine rings is 1. The van der Waals surface area contributed by atoms with E-state index in [1.165, 1.54) is 5.56 Å². The topological polar surface area (TPSA) is 62.3 Å². The van der Waals surface area contributed by atoms with Gasteiger partial charge in [-0.15, -0.1) is 0 Å². The first-order valence-corrected chi connectivity index (χ1v) is 11.3. The number of hydrogen-bond acceptors (Lipinski definition) is 5. The molecule has 0 bridgehead atoms. The summed E-state index contributed by atoms with van der Waals surface area (Å²) in [5, 5.41) is 0. The molecular weight excluding hydrogens is 406 g/mol. The standard InChI is InChI=1S/C25H31N3O4/c29-24(28-14-16-31-17-15-28)19-26-10-12-27(13-11-26)25(30)20-32-23-9-5-4-8-22(23)18-21-6-2-1-3-7-21/h1-9H,10-20H2. The smallest absolute Gasteiger partial charge is 0.260 e. The first kappa shape index (κ1) is 22.3. The van der Waals surface area contributed by atoms with E-state index in [0.717, 1.165) is 17.7 Å². The minimum Gasteiger partial charge on any atom is -0.483 e. The Morgan fingerprint density at radius 2 is 1.44 bits per heavy atom. The molecule has 0 atom stereocenters. The number of hydrogen-bond donors (Lipinski definition) is 0. The zero-order valence-corrected chi connectivity index (χ0v) is 18.4. The summed E-state index contributed by atoms with van der Waals surface area (Å²) in [5.41, 5.74) is 2.27. The Hall–Kier alpha value is -2.90. The Morgan fingerprint density at radius 3 is 2.19 bits per heavy atom. The van der Waals surface area contributed by atoms with Crippen LogP contribution in [0.4, 0.5) is 0 Å². The summed E-state index contributed by atoms with van der Waals surface area (Å²) in [6, 6.07) is 18.1. The molecule has 4 rings (SSSR count). The number of rotatable bonds is 7. The van der Waals surface area contributed by atoms with Gasteiger partial charge < -0.3 is 19.3 Å². The maximum absolute atomic E-state index is 12.7. The van der Waals surface area contributed by atoms with Crippen LogP contribution in [0.1, 0.15) is 11.1 Å². The molecule has 2 aliphatic heterocycles. The first-order chi connectivity index (χ1) is 15.7. The molecule has 0 radical (unpaired) electrons. The van der Waals surface area contributed by atoms with Gasteiger partial charge in [0, 0.05) is 45.7 Å². The molecule has 2 amide bonds. The van der Waals surface area contributed by atoms with E-state index in [1.807, 2.05) is 52.3 Å². The molecule has 0 unspecified atom stereocenters. The van der Waals surface area contributed by atoms with Gasteiger partial charge in [-0.25, -0.2) is 0 Å². The molecule has 170 valence electrons. The quantitative estimate of drug-likeness (QED) is 0.659. The molecule has 0 aliphatic carbocycles. The average molecular weight is 438 g/mol. The van der Waals surface area contributed by atoms with Crippen LogP contribution in [0, 0.1) is 0 Å². The van der Waals surface area contributed by atoms with Crippen LogP contribution in [0.3, 0.4) is 0 Å². The minimum absolute atomic E-state index is 0.0151. The highest BCUT2D eigenvalue weighted by atomic mass is 16.5. The predicted octanol–water partition coefficient (Wildman–Crippen LogP) is 1.66. The number of ether oxygens (including phenoxy) is 2. The number of amides is 2. The van der Waals surface area contributed by atoms with E-state index in [0.29, 0.717) is 59.0 Å². The van der Waals surface area contributed by atoms with E-state index >= 15 is 0 Å². The maximum atomic E-state index is 12.7. The molecule has 2 heterocycles. The zero-order chi connectivity index (χ0) is 22.2. The summed E-state index contributed by atoms with van der Waals surface area (Å²) in [5.74, 6) is 0.879. The second kappa shape index (κ2) is 11.1. The van der Waals surface area contributed by atoms with Crippen LogP contribution in [0.25, 0.3) is 0 Å². The highest BCUT2D eigenvalue weighted by molar-refractivity contribution is 5.79. The van der Waals surface area contributed by atoms with Crippen molar-refractivity contribution in [3.8, 4) is 5.75 Å². The van der Waals surface area contributed by atoms with Crippen LogP contribution in [-0.4, -0.2) is 92.1 Å². The fraction of sp³-hybridized carbons (Fsp3) is 0.440. The summed E-state index contributed by atoms with van der Waals surface area (Å²) >= 11 is 0. The number of nitrogens with zero attached hydrogens (tertiary/aromatic N) is 3. The molecule has 32 heavy (non-hydrogen) atoms. The third-order valence-electron chi connectivity index (χ3n) is 6.01. The molecule has 2 fully saturated rings. The Kier molecular flexibility index (Phi) is 7.74. The lowest BCUT2D eigenvalue weighted by Gasteiger charge is -2.36. The third-order valence-corrected chi connectivity index (χ3v) is 6.01. The van der Waals surface area contributed by atoms with Crippen molar-refractivity contribution in [2.45, 2.75) is 6.42 Å². The molecule has 2 aliphatic rings. The third kappa shape index (κ3) is 6.08.